The largest absolute Gasteiger partial charge is 0.478 e. The SMILES string of the molecule is CCc1ccc(CN2C(=O)Cc3cc(C(=O)O)ccc32)s1. The van der Waals surface area contributed by atoms with Gasteiger partial charge < -0.3 is 10.0 Å². The summed E-state index contributed by atoms with van der Waals surface area (Å²) in [6.45, 7) is 2.67. The molecule has 0 unspecified atom stereocenters. The number of carbonyl (C=O) groups excluding carboxylic acids is 1. The van der Waals surface area contributed by atoms with Gasteiger partial charge in [-0.1, -0.05) is 6.92 Å². The molecule has 1 aliphatic heterocycles. The Bertz CT molecular complexity index is 720. The van der Waals surface area contributed by atoms with Crippen LogP contribution in [0.25, 0.3) is 0 Å². The van der Waals surface area contributed by atoms with Crippen LogP contribution < -0.4 is 4.90 Å². The second kappa shape index (κ2) is 5.33. The lowest BCUT2D eigenvalue weighted by Gasteiger charge is -2.16. The lowest BCUT2D eigenvalue weighted by Crippen LogP contribution is -2.25. The fourth-order valence-electron chi connectivity index (χ4n) is 2.54. The Morgan fingerprint density at radius 2 is 2.05 bits per heavy atom. The van der Waals surface area contributed by atoms with E-state index in [9.17, 15) is 9.59 Å². The number of rotatable bonds is 4. The molecule has 4 nitrogen and oxygen atoms in total. The van der Waals surface area contributed by atoms with Gasteiger partial charge in [-0.2, -0.15) is 0 Å². The zero-order valence-electron chi connectivity index (χ0n) is 11.6. The van der Waals surface area contributed by atoms with Crippen molar-refractivity contribution in [2.75, 3.05) is 4.90 Å². The van der Waals surface area contributed by atoms with E-state index in [-0.39, 0.29) is 17.9 Å². The molecular weight excluding hydrogens is 286 g/mol. The first-order valence-electron chi connectivity index (χ1n) is 6.82. The molecule has 0 radical (unpaired) electrons. The number of benzene rings is 1. The predicted octanol–water partition coefficient (Wildman–Crippen LogP) is 3.10. The number of hydrogen-bond acceptors (Lipinski definition) is 3. The van der Waals surface area contributed by atoms with Gasteiger partial charge in [0.05, 0.1) is 18.5 Å². The second-order valence-electron chi connectivity index (χ2n) is 5.03. The highest BCUT2D eigenvalue weighted by atomic mass is 32.1. The van der Waals surface area contributed by atoms with E-state index in [2.05, 4.69) is 19.1 Å². The van der Waals surface area contributed by atoms with Crippen LogP contribution in [0.2, 0.25) is 0 Å². The highest BCUT2D eigenvalue weighted by molar-refractivity contribution is 7.12. The Labute approximate surface area is 126 Å². The first-order chi connectivity index (χ1) is 10.1. The van der Waals surface area contributed by atoms with E-state index in [4.69, 9.17) is 5.11 Å². The molecule has 1 N–H and O–H groups in total. The monoisotopic (exact) mass is 301 g/mol. The van der Waals surface area contributed by atoms with Crippen LogP contribution >= 0.6 is 11.3 Å². The highest BCUT2D eigenvalue weighted by Crippen LogP contribution is 2.32. The Balaban J connectivity index is 1.88. The standard InChI is InChI=1S/C16H15NO3S/c1-2-12-4-5-13(21-12)9-17-14-6-3-10(16(19)20)7-11(14)8-15(17)18/h3-7H,2,8-9H2,1H3,(H,19,20). The van der Waals surface area contributed by atoms with Crippen molar-refractivity contribution < 1.29 is 14.7 Å². The number of nitrogens with zero attached hydrogens (tertiary/aromatic N) is 1. The molecule has 0 fully saturated rings. The summed E-state index contributed by atoms with van der Waals surface area (Å²) in [6, 6.07) is 9.04. The number of thiophene rings is 1. The maximum Gasteiger partial charge on any atom is 0.335 e. The molecule has 0 saturated carbocycles. The van der Waals surface area contributed by atoms with Gasteiger partial charge in [0.2, 0.25) is 5.91 Å². The molecule has 0 atom stereocenters. The van der Waals surface area contributed by atoms with Crippen molar-refractivity contribution in [2.24, 2.45) is 0 Å². The molecule has 1 aromatic carbocycles. The predicted molar refractivity (Wildman–Crippen MR) is 82.0 cm³/mol. The quantitative estimate of drug-likeness (QED) is 0.944. The molecule has 2 aromatic rings. The van der Waals surface area contributed by atoms with Gasteiger partial charge in [0.1, 0.15) is 0 Å². The lowest BCUT2D eigenvalue weighted by molar-refractivity contribution is -0.117. The van der Waals surface area contributed by atoms with E-state index in [1.165, 1.54) is 4.88 Å². The van der Waals surface area contributed by atoms with Gasteiger partial charge >= 0.3 is 5.97 Å². The average Bonchev–Trinajstić information content (AvgIpc) is 3.04. The van der Waals surface area contributed by atoms with E-state index < -0.39 is 5.97 Å². The molecule has 3 rings (SSSR count). The Morgan fingerprint density at radius 3 is 2.71 bits per heavy atom. The van der Waals surface area contributed by atoms with Gasteiger partial charge in [-0.15, -0.1) is 11.3 Å². The fraction of sp³-hybridized carbons (Fsp3) is 0.250. The third kappa shape index (κ3) is 2.56. The molecule has 108 valence electrons. The number of amides is 1. The van der Waals surface area contributed by atoms with Crippen molar-refractivity contribution in [3.63, 3.8) is 0 Å². The van der Waals surface area contributed by atoms with Crippen LogP contribution in [0.5, 0.6) is 0 Å². The summed E-state index contributed by atoms with van der Waals surface area (Å²) in [5.41, 5.74) is 1.86. The molecular formula is C16H15NO3S. The third-order valence-corrected chi connectivity index (χ3v) is 4.85. The molecule has 21 heavy (non-hydrogen) atoms. The Kier molecular flexibility index (Phi) is 3.51. The van der Waals surface area contributed by atoms with Gasteiger partial charge in [0.15, 0.2) is 0 Å². The molecule has 1 aliphatic rings. The number of anilines is 1. The molecule has 0 bridgehead atoms. The van der Waals surface area contributed by atoms with Crippen molar-refractivity contribution in [2.45, 2.75) is 26.3 Å². The first-order valence-corrected chi connectivity index (χ1v) is 7.64. The van der Waals surface area contributed by atoms with Crippen molar-refractivity contribution in [3.05, 3.63) is 51.2 Å². The Morgan fingerprint density at radius 1 is 1.29 bits per heavy atom. The van der Waals surface area contributed by atoms with Crippen molar-refractivity contribution in [1.82, 2.24) is 0 Å². The molecule has 0 spiro atoms. The molecule has 5 heteroatoms. The van der Waals surface area contributed by atoms with Crippen LogP contribution in [0.4, 0.5) is 5.69 Å². The van der Waals surface area contributed by atoms with Crippen LogP contribution in [-0.4, -0.2) is 17.0 Å². The van der Waals surface area contributed by atoms with Crippen LogP contribution in [0, 0.1) is 0 Å². The summed E-state index contributed by atoms with van der Waals surface area (Å²) in [6.07, 6.45) is 1.28. The molecule has 1 amide bonds. The average molecular weight is 301 g/mol. The second-order valence-corrected chi connectivity index (χ2v) is 6.28. The number of hydrogen-bond donors (Lipinski definition) is 1. The summed E-state index contributed by atoms with van der Waals surface area (Å²) in [4.78, 5) is 27.4. The molecule has 0 aliphatic carbocycles. The summed E-state index contributed by atoms with van der Waals surface area (Å²) in [5, 5.41) is 9.02. The molecule has 0 saturated heterocycles. The zero-order chi connectivity index (χ0) is 15.0. The van der Waals surface area contributed by atoms with Crippen LogP contribution in [0.3, 0.4) is 0 Å². The Hall–Kier alpha value is -2.14. The van der Waals surface area contributed by atoms with Gasteiger partial charge in [0.25, 0.3) is 0 Å². The number of carbonyl (C=O) groups is 2. The van der Waals surface area contributed by atoms with E-state index in [1.807, 2.05) is 0 Å². The minimum atomic E-state index is -0.963. The molecule has 1 aromatic heterocycles. The lowest BCUT2D eigenvalue weighted by atomic mass is 10.1. The van der Waals surface area contributed by atoms with Crippen LogP contribution in [0.1, 0.15) is 32.6 Å². The number of fused-ring (bicyclic) bond motifs is 1. The normalized spacial score (nSPS) is 13.6. The number of carboxylic acid groups (broad SMARTS) is 1. The highest BCUT2D eigenvalue weighted by Gasteiger charge is 2.28. The number of aryl methyl sites for hydroxylation is 1. The van der Waals surface area contributed by atoms with E-state index in [0.717, 1.165) is 22.5 Å². The van der Waals surface area contributed by atoms with Gasteiger partial charge in [-0.05, 0) is 42.3 Å². The van der Waals surface area contributed by atoms with Gasteiger partial charge in [0, 0.05) is 15.4 Å². The summed E-state index contributed by atoms with van der Waals surface area (Å²) < 4.78 is 0. The molecule has 2 heterocycles. The fourth-order valence-corrected chi connectivity index (χ4v) is 3.49. The maximum absolute atomic E-state index is 12.2. The minimum absolute atomic E-state index is 0.0268. The van der Waals surface area contributed by atoms with Crippen LogP contribution in [0.15, 0.2) is 30.3 Å². The first kappa shape index (κ1) is 13.8. The number of aromatic carboxylic acids is 1. The van der Waals surface area contributed by atoms with E-state index in [1.54, 1.807) is 34.4 Å². The van der Waals surface area contributed by atoms with Crippen molar-refractivity contribution in [3.8, 4) is 0 Å². The zero-order valence-corrected chi connectivity index (χ0v) is 12.4. The van der Waals surface area contributed by atoms with Gasteiger partial charge in [-0.3, -0.25) is 4.79 Å². The van der Waals surface area contributed by atoms with Crippen molar-refractivity contribution >= 4 is 28.9 Å². The van der Waals surface area contributed by atoms with E-state index in [0.29, 0.717) is 6.54 Å². The summed E-state index contributed by atoms with van der Waals surface area (Å²) >= 11 is 1.72. The third-order valence-electron chi connectivity index (χ3n) is 3.64. The number of carboxylic acids is 1. The van der Waals surface area contributed by atoms with E-state index >= 15 is 0 Å². The minimum Gasteiger partial charge on any atom is -0.478 e. The topological polar surface area (TPSA) is 57.6 Å². The van der Waals surface area contributed by atoms with Gasteiger partial charge in [-0.25, -0.2) is 4.79 Å². The van der Waals surface area contributed by atoms with Crippen molar-refractivity contribution in [1.29, 1.82) is 0 Å². The van der Waals surface area contributed by atoms with Crippen LogP contribution in [-0.2, 0) is 24.2 Å². The maximum atomic E-state index is 12.2. The summed E-state index contributed by atoms with van der Waals surface area (Å²) in [5.74, 6) is -0.937. The smallest absolute Gasteiger partial charge is 0.335 e. The summed E-state index contributed by atoms with van der Waals surface area (Å²) in [7, 11) is 0.